The predicted octanol–water partition coefficient (Wildman–Crippen LogP) is 3.12. The van der Waals surface area contributed by atoms with E-state index in [1.54, 1.807) is 0 Å². The van der Waals surface area contributed by atoms with Crippen LogP contribution in [0.5, 0.6) is 0 Å². The van der Waals surface area contributed by atoms with E-state index in [0.29, 0.717) is 6.42 Å². The van der Waals surface area contributed by atoms with E-state index in [0.717, 1.165) is 18.8 Å². The maximum absolute atomic E-state index is 12.6. The van der Waals surface area contributed by atoms with Gasteiger partial charge in [0.25, 0.3) is 0 Å². The number of carbonyl (C=O) groups is 1. The Morgan fingerprint density at radius 1 is 1.09 bits per heavy atom. The van der Waals surface area contributed by atoms with Crippen LogP contribution in [0.3, 0.4) is 0 Å². The van der Waals surface area contributed by atoms with E-state index in [1.165, 1.54) is 11.1 Å². The fraction of sp³-hybridized carbons (Fsp3) is 0.316. The monoisotopic (exact) mass is 294 g/mol. The van der Waals surface area contributed by atoms with Crippen molar-refractivity contribution in [2.75, 3.05) is 32.1 Å². The van der Waals surface area contributed by atoms with Gasteiger partial charge in [0.1, 0.15) is 0 Å². The Hall–Kier alpha value is -2.13. The number of benzene rings is 2. The summed E-state index contributed by atoms with van der Waals surface area (Å²) in [6.45, 7) is 1.53. The average Bonchev–Trinajstić information content (AvgIpc) is 2.93. The first-order valence-electron chi connectivity index (χ1n) is 7.76. The Bertz CT molecular complexity index is 651. The summed E-state index contributed by atoms with van der Waals surface area (Å²) < 4.78 is 0. The van der Waals surface area contributed by atoms with Crippen LogP contribution in [-0.2, 0) is 4.79 Å². The van der Waals surface area contributed by atoms with Crippen molar-refractivity contribution in [3.8, 4) is 0 Å². The molecule has 0 saturated carbocycles. The lowest BCUT2D eigenvalue weighted by Crippen LogP contribution is -2.32. The van der Waals surface area contributed by atoms with E-state index < -0.39 is 0 Å². The molecular formula is C19H22N2O. The van der Waals surface area contributed by atoms with E-state index in [9.17, 15) is 4.79 Å². The van der Waals surface area contributed by atoms with Gasteiger partial charge < -0.3 is 9.80 Å². The van der Waals surface area contributed by atoms with E-state index in [2.05, 4.69) is 47.4 Å². The molecule has 1 unspecified atom stereocenters. The zero-order valence-electron chi connectivity index (χ0n) is 13.2. The van der Waals surface area contributed by atoms with Gasteiger partial charge in [0, 0.05) is 31.1 Å². The molecule has 114 valence electrons. The molecule has 3 nitrogen and oxygen atoms in total. The molecule has 0 bridgehead atoms. The van der Waals surface area contributed by atoms with Gasteiger partial charge in [0.15, 0.2) is 0 Å². The normalized spacial score (nSPS) is 16.9. The summed E-state index contributed by atoms with van der Waals surface area (Å²) >= 11 is 0. The lowest BCUT2D eigenvalue weighted by molar-refractivity contribution is -0.118. The van der Waals surface area contributed by atoms with Crippen molar-refractivity contribution in [3.63, 3.8) is 0 Å². The summed E-state index contributed by atoms with van der Waals surface area (Å²) in [6.07, 6.45) is 0.558. The molecule has 1 atom stereocenters. The number of rotatable bonds is 4. The summed E-state index contributed by atoms with van der Waals surface area (Å²) in [7, 11) is 4.00. The van der Waals surface area contributed by atoms with Crippen LogP contribution >= 0.6 is 0 Å². The van der Waals surface area contributed by atoms with Crippen molar-refractivity contribution in [2.45, 2.75) is 12.3 Å². The molecule has 0 saturated heterocycles. The van der Waals surface area contributed by atoms with Crippen LogP contribution in [0.25, 0.3) is 0 Å². The number of hydrogen-bond acceptors (Lipinski definition) is 2. The van der Waals surface area contributed by atoms with Gasteiger partial charge >= 0.3 is 0 Å². The lowest BCUT2D eigenvalue weighted by Gasteiger charge is -2.19. The van der Waals surface area contributed by atoms with E-state index >= 15 is 0 Å². The Balaban J connectivity index is 1.87. The molecule has 1 heterocycles. The summed E-state index contributed by atoms with van der Waals surface area (Å²) in [6, 6.07) is 18.7. The van der Waals surface area contributed by atoms with Crippen LogP contribution in [0.1, 0.15) is 23.5 Å². The van der Waals surface area contributed by atoms with Crippen LogP contribution in [0.2, 0.25) is 0 Å². The van der Waals surface area contributed by atoms with Gasteiger partial charge in [0.05, 0.1) is 0 Å². The molecular weight excluding hydrogens is 272 g/mol. The fourth-order valence-corrected chi connectivity index (χ4v) is 3.07. The standard InChI is InChI=1S/C19H22N2O/c1-20(2)13-12-19(22)21-14-17(15-8-4-3-5-9-15)16-10-6-7-11-18(16)21/h3-11,17H,12-14H2,1-2H3. The summed E-state index contributed by atoms with van der Waals surface area (Å²) in [4.78, 5) is 16.6. The van der Waals surface area contributed by atoms with Gasteiger partial charge in [-0.1, -0.05) is 48.5 Å². The minimum absolute atomic E-state index is 0.208. The molecule has 0 radical (unpaired) electrons. The van der Waals surface area contributed by atoms with Gasteiger partial charge in [-0.25, -0.2) is 0 Å². The maximum Gasteiger partial charge on any atom is 0.228 e. The van der Waals surface area contributed by atoms with Gasteiger partial charge in [-0.2, -0.15) is 0 Å². The number of fused-ring (bicyclic) bond motifs is 1. The van der Waals surface area contributed by atoms with Gasteiger partial charge in [-0.3, -0.25) is 4.79 Å². The van der Waals surface area contributed by atoms with Crippen LogP contribution in [0.15, 0.2) is 54.6 Å². The first-order chi connectivity index (χ1) is 10.7. The molecule has 0 spiro atoms. The van der Waals surface area contributed by atoms with Crippen molar-refractivity contribution in [1.29, 1.82) is 0 Å². The highest BCUT2D eigenvalue weighted by molar-refractivity contribution is 5.96. The van der Waals surface area contributed by atoms with Crippen molar-refractivity contribution < 1.29 is 4.79 Å². The number of amides is 1. The minimum atomic E-state index is 0.208. The number of hydrogen-bond donors (Lipinski definition) is 0. The predicted molar refractivity (Wildman–Crippen MR) is 90.3 cm³/mol. The van der Waals surface area contributed by atoms with E-state index in [-0.39, 0.29) is 11.8 Å². The SMILES string of the molecule is CN(C)CCC(=O)N1CC(c2ccccc2)c2ccccc21. The van der Waals surface area contributed by atoms with Crippen molar-refractivity contribution >= 4 is 11.6 Å². The molecule has 22 heavy (non-hydrogen) atoms. The summed E-state index contributed by atoms with van der Waals surface area (Å²) in [5.74, 6) is 0.486. The van der Waals surface area contributed by atoms with Crippen LogP contribution in [-0.4, -0.2) is 38.0 Å². The van der Waals surface area contributed by atoms with E-state index in [4.69, 9.17) is 0 Å². The number of para-hydroxylation sites is 1. The molecule has 2 aromatic carbocycles. The second kappa shape index (κ2) is 6.32. The highest BCUT2D eigenvalue weighted by Gasteiger charge is 2.32. The van der Waals surface area contributed by atoms with Gasteiger partial charge in [0.2, 0.25) is 5.91 Å². The highest BCUT2D eigenvalue weighted by Crippen LogP contribution is 2.40. The Morgan fingerprint density at radius 3 is 2.50 bits per heavy atom. The van der Waals surface area contributed by atoms with E-state index in [1.807, 2.05) is 31.1 Å². The molecule has 3 heteroatoms. The van der Waals surface area contributed by atoms with Crippen LogP contribution in [0.4, 0.5) is 5.69 Å². The topological polar surface area (TPSA) is 23.6 Å². The molecule has 0 N–H and O–H groups in total. The largest absolute Gasteiger partial charge is 0.311 e. The maximum atomic E-state index is 12.6. The molecule has 0 aliphatic carbocycles. The summed E-state index contributed by atoms with van der Waals surface area (Å²) in [5.41, 5.74) is 3.60. The number of anilines is 1. The fourth-order valence-electron chi connectivity index (χ4n) is 3.07. The zero-order valence-corrected chi connectivity index (χ0v) is 13.2. The third-order valence-corrected chi connectivity index (χ3v) is 4.24. The number of carbonyl (C=O) groups excluding carboxylic acids is 1. The molecule has 1 aliphatic heterocycles. The second-order valence-corrected chi connectivity index (χ2v) is 6.08. The minimum Gasteiger partial charge on any atom is -0.311 e. The Labute approximate surface area is 132 Å². The Morgan fingerprint density at radius 2 is 1.77 bits per heavy atom. The summed E-state index contributed by atoms with van der Waals surface area (Å²) in [5, 5.41) is 0. The highest BCUT2D eigenvalue weighted by atomic mass is 16.2. The molecule has 0 fully saturated rings. The molecule has 1 amide bonds. The lowest BCUT2D eigenvalue weighted by atomic mass is 9.93. The quantitative estimate of drug-likeness (QED) is 0.865. The molecule has 3 rings (SSSR count). The smallest absolute Gasteiger partial charge is 0.228 e. The van der Waals surface area contributed by atoms with Gasteiger partial charge in [-0.05, 0) is 31.3 Å². The van der Waals surface area contributed by atoms with Crippen molar-refractivity contribution in [2.24, 2.45) is 0 Å². The molecule has 2 aromatic rings. The van der Waals surface area contributed by atoms with Crippen molar-refractivity contribution in [3.05, 3.63) is 65.7 Å². The van der Waals surface area contributed by atoms with Gasteiger partial charge in [-0.15, -0.1) is 0 Å². The second-order valence-electron chi connectivity index (χ2n) is 6.08. The first kappa shape index (κ1) is 14.8. The third kappa shape index (κ3) is 2.90. The Kier molecular flexibility index (Phi) is 4.25. The zero-order chi connectivity index (χ0) is 15.5. The van der Waals surface area contributed by atoms with Crippen LogP contribution < -0.4 is 4.90 Å². The average molecular weight is 294 g/mol. The van der Waals surface area contributed by atoms with Crippen molar-refractivity contribution in [1.82, 2.24) is 4.90 Å². The molecule has 0 aromatic heterocycles. The third-order valence-electron chi connectivity index (χ3n) is 4.24. The first-order valence-corrected chi connectivity index (χ1v) is 7.76. The van der Waals surface area contributed by atoms with Crippen LogP contribution in [0, 0.1) is 0 Å². The number of nitrogens with zero attached hydrogens (tertiary/aromatic N) is 2. The molecule has 1 aliphatic rings.